The minimum Gasteiger partial charge on any atom is -0.378 e. The third kappa shape index (κ3) is 7.14. The van der Waals surface area contributed by atoms with Gasteiger partial charge in [-0.3, -0.25) is 4.99 Å². The minimum atomic E-state index is 0.435. The molecule has 0 atom stereocenters. The Morgan fingerprint density at radius 3 is 2.57 bits per heavy atom. The summed E-state index contributed by atoms with van der Waals surface area (Å²) >= 11 is 0. The minimum absolute atomic E-state index is 0.435. The van der Waals surface area contributed by atoms with Gasteiger partial charge in [-0.05, 0) is 39.8 Å². The lowest BCUT2D eigenvalue weighted by Gasteiger charge is -2.34. The molecule has 21 heavy (non-hydrogen) atoms. The first-order valence-electron chi connectivity index (χ1n) is 8.47. The summed E-state index contributed by atoms with van der Waals surface area (Å²) in [4.78, 5) is 9.14. The Balaban J connectivity index is 2.23. The van der Waals surface area contributed by atoms with Gasteiger partial charge >= 0.3 is 0 Å². The average Bonchev–Trinajstić information content (AvgIpc) is 2.51. The molecule has 0 saturated carbocycles. The monoisotopic (exact) mass is 298 g/mol. The van der Waals surface area contributed by atoms with Crippen molar-refractivity contribution < 1.29 is 4.74 Å². The van der Waals surface area contributed by atoms with Gasteiger partial charge < -0.3 is 19.9 Å². The number of rotatable bonds is 8. The van der Waals surface area contributed by atoms with Crippen molar-refractivity contribution in [1.82, 2.24) is 15.1 Å². The van der Waals surface area contributed by atoms with Crippen LogP contribution in [0.25, 0.3) is 0 Å². The van der Waals surface area contributed by atoms with Gasteiger partial charge in [-0.25, -0.2) is 0 Å². The van der Waals surface area contributed by atoms with Gasteiger partial charge in [0, 0.05) is 39.8 Å². The molecule has 0 unspecified atom stereocenters. The van der Waals surface area contributed by atoms with E-state index in [0.717, 1.165) is 51.6 Å². The second-order valence-corrected chi connectivity index (χ2v) is 5.77. The number of unbranched alkanes of at least 4 members (excludes halogenated alkanes) is 1. The average molecular weight is 298 g/mol. The van der Waals surface area contributed by atoms with E-state index in [4.69, 9.17) is 4.74 Å². The molecule has 1 heterocycles. The molecule has 0 spiro atoms. The lowest BCUT2D eigenvalue weighted by atomic mass is 10.1. The number of nitrogens with zero attached hydrogens (tertiary/aromatic N) is 3. The molecule has 124 valence electrons. The first-order valence-corrected chi connectivity index (χ1v) is 8.47. The van der Waals surface area contributed by atoms with Gasteiger partial charge in [0.1, 0.15) is 0 Å². The Morgan fingerprint density at radius 1 is 1.29 bits per heavy atom. The van der Waals surface area contributed by atoms with Crippen molar-refractivity contribution in [3.8, 4) is 0 Å². The van der Waals surface area contributed by atoms with Crippen LogP contribution in [0.5, 0.6) is 0 Å². The zero-order chi connectivity index (χ0) is 15.5. The molecular weight excluding hydrogens is 264 g/mol. The van der Waals surface area contributed by atoms with Crippen molar-refractivity contribution in [1.29, 1.82) is 0 Å². The number of likely N-dealkylation sites (tertiary alicyclic amines) is 1. The smallest absolute Gasteiger partial charge is 0.193 e. The Kier molecular flexibility index (Phi) is 9.42. The van der Waals surface area contributed by atoms with E-state index < -0.39 is 0 Å². The zero-order valence-electron chi connectivity index (χ0n) is 14.4. The highest BCUT2D eigenvalue weighted by Crippen LogP contribution is 2.13. The van der Waals surface area contributed by atoms with Crippen LogP contribution >= 0.6 is 0 Å². The van der Waals surface area contributed by atoms with Gasteiger partial charge in [0.15, 0.2) is 5.96 Å². The maximum Gasteiger partial charge on any atom is 0.193 e. The normalized spacial score (nSPS) is 17.6. The number of ether oxygens (including phenoxy) is 1. The van der Waals surface area contributed by atoms with Crippen molar-refractivity contribution in [2.75, 3.05) is 53.4 Å². The molecule has 0 aromatic heterocycles. The number of aliphatic imine (C=N–C) groups is 1. The topological polar surface area (TPSA) is 40.1 Å². The fourth-order valence-electron chi connectivity index (χ4n) is 2.70. The molecule has 0 aliphatic carbocycles. The highest BCUT2D eigenvalue weighted by Gasteiger charge is 2.21. The highest BCUT2D eigenvalue weighted by atomic mass is 16.5. The standard InChI is InChI=1S/C16H34N4O/c1-5-7-11-19(4)14-10-18-16(17-3)20-12-8-15(9-13-20)21-6-2/h15H,5-14H2,1-4H3,(H,17,18). The predicted octanol–water partition coefficient (Wildman–Crippen LogP) is 1.79. The van der Waals surface area contributed by atoms with Crippen LogP contribution in [0, 0.1) is 0 Å². The largest absolute Gasteiger partial charge is 0.378 e. The number of hydrogen-bond acceptors (Lipinski definition) is 3. The molecule has 1 saturated heterocycles. The third-order valence-corrected chi connectivity index (χ3v) is 4.03. The summed E-state index contributed by atoms with van der Waals surface area (Å²) in [6, 6.07) is 0. The van der Waals surface area contributed by atoms with Gasteiger partial charge in [0.25, 0.3) is 0 Å². The van der Waals surface area contributed by atoms with E-state index in [0.29, 0.717) is 6.10 Å². The fourth-order valence-corrected chi connectivity index (χ4v) is 2.70. The van der Waals surface area contributed by atoms with Crippen LogP contribution in [0.4, 0.5) is 0 Å². The van der Waals surface area contributed by atoms with Crippen LogP contribution in [0.1, 0.15) is 39.5 Å². The quantitative estimate of drug-likeness (QED) is 0.548. The van der Waals surface area contributed by atoms with E-state index in [2.05, 4.69) is 41.0 Å². The molecule has 0 aromatic carbocycles. The van der Waals surface area contributed by atoms with Gasteiger partial charge in [0.2, 0.25) is 0 Å². The van der Waals surface area contributed by atoms with E-state index in [1.165, 1.54) is 19.4 Å². The number of likely N-dealkylation sites (N-methyl/N-ethyl adjacent to an activating group) is 1. The molecule has 1 aliphatic heterocycles. The van der Waals surface area contributed by atoms with Crippen LogP contribution in [-0.4, -0.2) is 75.3 Å². The van der Waals surface area contributed by atoms with Crippen LogP contribution in [0.3, 0.4) is 0 Å². The molecule has 0 radical (unpaired) electrons. The maximum atomic E-state index is 5.70. The van der Waals surface area contributed by atoms with E-state index >= 15 is 0 Å². The van der Waals surface area contributed by atoms with Gasteiger partial charge in [-0.2, -0.15) is 0 Å². The van der Waals surface area contributed by atoms with Gasteiger partial charge in [-0.1, -0.05) is 13.3 Å². The van der Waals surface area contributed by atoms with Crippen molar-refractivity contribution in [3.05, 3.63) is 0 Å². The van der Waals surface area contributed by atoms with Crippen molar-refractivity contribution in [3.63, 3.8) is 0 Å². The third-order valence-electron chi connectivity index (χ3n) is 4.03. The number of piperidine rings is 1. The number of guanidine groups is 1. The van der Waals surface area contributed by atoms with E-state index in [1.54, 1.807) is 0 Å². The summed E-state index contributed by atoms with van der Waals surface area (Å²) in [5.41, 5.74) is 0. The van der Waals surface area contributed by atoms with Crippen LogP contribution in [0.2, 0.25) is 0 Å². The molecule has 0 aromatic rings. The van der Waals surface area contributed by atoms with Gasteiger partial charge in [0.05, 0.1) is 6.10 Å². The first-order chi connectivity index (χ1) is 10.2. The molecular formula is C16H34N4O. The number of hydrogen-bond donors (Lipinski definition) is 1. The molecule has 1 aliphatic rings. The van der Waals surface area contributed by atoms with E-state index in [-0.39, 0.29) is 0 Å². The molecule has 1 fully saturated rings. The molecule has 1 N–H and O–H groups in total. The second kappa shape index (κ2) is 10.9. The lowest BCUT2D eigenvalue weighted by Crippen LogP contribution is -2.48. The summed E-state index contributed by atoms with van der Waals surface area (Å²) < 4.78 is 5.70. The summed E-state index contributed by atoms with van der Waals surface area (Å²) in [5, 5.41) is 3.49. The summed E-state index contributed by atoms with van der Waals surface area (Å²) in [6.07, 6.45) is 5.17. The summed E-state index contributed by atoms with van der Waals surface area (Å²) in [7, 11) is 4.06. The van der Waals surface area contributed by atoms with E-state index in [1.807, 2.05) is 7.05 Å². The Bertz CT molecular complexity index is 288. The van der Waals surface area contributed by atoms with Gasteiger partial charge in [-0.15, -0.1) is 0 Å². The summed E-state index contributed by atoms with van der Waals surface area (Å²) in [5.74, 6) is 1.04. The predicted molar refractivity (Wildman–Crippen MR) is 90.0 cm³/mol. The Hall–Kier alpha value is -0.810. The SMILES string of the molecule is CCCCN(C)CCNC(=NC)N1CCC(OCC)CC1. The van der Waals surface area contributed by atoms with Crippen LogP contribution in [0.15, 0.2) is 4.99 Å². The fraction of sp³-hybridized carbons (Fsp3) is 0.938. The molecule has 5 nitrogen and oxygen atoms in total. The number of nitrogens with one attached hydrogen (secondary N) is 1. The van der Waals surface area contributed by atoms with Crippen LogP contribution in [-0.2, 0) is 4.74 Å². The first kappa shape index (κ1) is 18.2. The van der Waals surface area contributed by atoms with E-state index in [9.17, 15) is 0 Å². The maximum absolute atomic E-state index is 5.70. The molecule has 0 bridgehead atoms. The Labute approximate surface area is 130 Å². The molecule has 5 heteroatoms. The lowest BCUT2D eigenvalue weighted by molar-refractivity contribution is 0.0263. The van der Waals surface area contributed by atoms with Crippen molar-refractivity contribution >= 4 is 5.96 Å². The van der Waals surface area contributed by atoms with Crippen molar-refractivity contribution in [2.45, 2.75) is 45.6 Å². The second-order valence-electron chi connectivity index (χ2n) is 5.77. The molecule has 1 rings (SSSR count). The van der Waals surface area contributed by atoms with Crippen molar-refractivity contribution in [2.24, 2.45) is 4.99 Å². The highest BCUT2D eigenvalue weighted by molar-refractivity contribution is 5.79. The molecule has 0 amide bonds. The van der Waals surface area contributed by atoms with Crippen LogP contribution < -0.4 is 5.32 Å². The Morgan fingerprint density at radius 2 is 2.00 bits per heavy atom. The summed E-state index contributed by atoms with van der Waals surface area (Å²) in [6.45, 7) is 10.4. The zero-order valence-corrected chi connectivity index (χ0v) is 14.4.